The first kappa shape index (κ1) is 14.9. The van der Waals surface area contributed by atoms with Gasteiger partial charge in [0.15, 0.2) is 0 Å². The minimum absolute atomic E-state index is 0.0666. The lowest BCUT2D eigenvalue weighted by atomic mass is 10.1. The van der Waals surface area contributed by atoms with Gasteiger partial charge in [0, 0.05) is 11.4 Å². The van der Waals surface area contributed by atoms with E-state index in [2.05, 4.69) is 30.2 Å². The second kappa shape index (κ2) is 6.75. The van der Waals surface area contributed by atoms with Gasteiger partial charge >= 0.3 is 0 Å². The van der Waals surface area contributed by atoms with Crippen molar-refractivity contribution in [1.29, 1.82) is 0 Å². The van der Waals surface area contributed by atoms with Gasteiger partial charge in [-0.15, -0.1) is 0 Å². The first-order valence-electron chi connectivity index (χ1n) is 6.88. The third-order valence-corrected chi connectivity index (χ3v) is 4.18. The van der Waals surface area contributed by atoms with E-state index < -0.39 is 0 Å². The van der Waals surface area contributed by atoms with Gasteiger partial charge < -0.3 is 5.32 Å². The Morgan fingerprint density at radius 2 is 2.15 bits per heavy atom. The smallest absolute Gasteiger partial charge is 0.230 e. The molecule has 0 saturated heterocycles. The predicted molar refractivity (Wildman–Crippen MR) is 85.1 cm³/mol. The SMILES string of the molecule is CCC(C)NC(=O)CSc1cc(C)c2ccccc2n1. The molecule has 1 atom stereocenters. The number of benzene rings is 1. The van der Waals surface area contributed by atoms with Crippen LogP contribution in [0.1, 0.15) is 25.8 Å². The Morgan fingerprint density at radius 3 is 2.90 bits per heavy atom. The van der Waals surface area contributed by atoms with Crippen molar-refractivity contribution < 1.29 is 4.79 Å². The van der Waals surface area contributed by atoms with Crippen LogP contribution in [0, 0.1) is 6.92 Å². The predicted octanol–water partition coefficient (Wildman–Crippen LogP) is 3.55. The molecule has 106 valence electrons. The number of carbonyl (C=O) groups is 1. The van der Waals surface area contributed by atoms with E-state index in [1.807, 2.05) is 31.2 Å². The topological polar surface area (TPSA) is 42.0 Å². The lowest BCUT2D eigenvalue weighted by molar-refractivity contribution is -0.119. The summed E-state index contributed by atoms with van der Waals surface area (Å²) in [6, 6.07) is 10.4. The molecule has 2 rings (SSSR count). The Kier molecular flexibility index (Phi) is 5.01. The number of nitrogens with zero attached hydrogens (tertiary/aromatic N) is 1. The van der Waals surface area contributed by atoms with Crippen molar-refractivity contribution in [2.45, 2.75) is 38.3 Å². The molecule has 0 aliphatic heterocycles. The number of nitrogens with one attached hydrogen (secondary N) is 1. The molecule has 1 unspecified atom stereocenters. The van der Waals surface area contributed by atoms with E-state index >= 15 is 0 Å². The molecule has 0 bridgehead atoms. The molecule has 1 N–H and O–H groups in total. The summed E-state index contributed by atoms with van der Waals surface area (Å²) in [4.78, 5) is 16.4. The molecule has 0 saturated carbocycles. The van der Waals surface area contributed by atoms with Crippen LogP contribution in [0.15, 0.2) is 35.4 Å². The molecule has 0 spiro atoms. The van der Waals surface area contributed by atoms with Crippen molar-refractivity contribution >= 4 is 28.6 Å². The standard InChI is InChI=1S/C16H20N2OS/c1-4-12(3)17-15(19)10-20-16-9-11(2)13-7-5-6-8-14(13)18-16/h5-9,12H,4,10H2,1-3H3,(H,17,19). The number of rotatable bonds is 5. The quantitative estimate of drug-likeness (QED) is 0.856. The monoisotopic (exact) mass is 288 g/mol. The number of para-hydroxylation sites is 1. The summed E-state index contributed by atoms with van der Waals surface area (Å²) in [5.74, 6) is 0.478. The van der Waals surface area contributed by atoms with Crippen LogP contribution in [0.25, 0.3) is 10.9 Å². The molecule has 1 amide bonds. The zero-order chi connectivity index (χ0) is 14.5. The van der Waals surface area contributed by atoms with Gasteiger partial charge in [0.1, 0.15) is 0 Å². The van der Waals surface area contributed by atoms with Crippen LogP contribution >= 0.6 is 11.8 Å². The molecule has 0 aliphatic rings. The van der Waals surface area contributed by atoms with Gasteiger partial charge in [-0.2, -0.15) is 0 Å². The van der Waals surface area contributed by atoms with E-state index in [0.29, 0.717) is 5.75 Å². The molecule has 3 nitrogen and oxygen atoms in total. The summed E-state index contributed by atoms with van der Waals surface area (Å²) in [5, 5.41) is 5.03. The van der Waals surface area contributed by atoms with E-state index in [9.17, 15) is 4.79 Å². The van der Waals surface area contributed by atoms with Gasteiger partial charge in [0.2, 0.25) is 5.91 Å². The zero-order valence-electron chi connectivity index (χ0n) is 12.1. The van der Waals surface area contributed by atoms with E-state index in [0.717, 1.165) is 17.0 Å². The molecule has 1 aromatic heterocycles. The molecule has 1 heterocycles. The van der Waals surface area contributed by atoms with Gasteiger partial charge in [-0.3, -0.25) is 4.79 Å². The summed E-state index contributed by atoms with van der Waals surface area (Å²) in [5.41, 5.74) is 2.18. The highest BCUT2D eigenvalue weighted by Crippen LogP contribution is 2.23. The number of hydrogen-bond donors (Lipinski definition) is 1. The van der Waals surface area contributed by atoms with Gasteiger partial charge in [-0.25, -0.2) is 4.98 Å². The number of thioether (sulfide) groups is 1. The highest BCUT2D eigenvalue weighted by atomic mass is 32.2. The number of carbonyl (C=O) groups excluding carboxylic acids is 1. The number of aromatic nitrogens is 1. The van der Waals surface area contributed by atoms with Crippen molar-refractivity contribution in [3.8, 4) is 0 Å². The van der Waals surface area contributed by atoms with E-state index in [1.54, 1.807) is 0 Å². The van der Waals surface area contributed by atoms with Crippen LogP contribution in [0.2, 0.25) is 0 Å². The highest BCUT2D eigenvalue weighted by molar-refractivity contribution is 7.99. The van der Waals surface area contributed by atoms with E-state index in [4.69, 9.17) is 0 Å². The summed E-state index contributed by atoms with van der Waals surface area (Å²) in [6.45, 7) is 6.15. The fraction of sp³-hybridized carbons (Fsp3) is 0.375. The maximum atomic E-state index is 11.8. The molecule has 2 aromatic rings. The summed E-state index contributed by atoms with van der Waals surface area (Å²) in [6.07, 6.45) is 0.948. The van der Waals surface area contributed by atoms with Crippen LogP contribution < -0.4 is 5.32 Å². The molecule has 0 radical (unpaired) electrons. The average molecular weight is 288 g/mol. The van der Waals surface area contributed by atoms with Crippen LogP contribution in [0.3, 0.4) is 0 Å². The number of hydrogen-bond acceptors (Lipinski definition) is 3. The lowest BCUT2D eigenvalue weighted by Crippen LogP contribution is -2.33. The van der Waals surface area contributed by atoms with Crippen molar-refractivity contribution in [3.05, 3.63) is 35.9 Å². The van der Waals surface area contributed by atoms with Gasteiger partial charge in [0.05, 0.1) is 16.3 Å². The number of aryl methyl sites for hydroxylation is 1. The normalized spacial score (nSPS) is 12.3. The summed E-state index contributed by atoms with van der Waals surface area (Å²) in [7, 11) is 0. The number of pyridine rings is 1. The fourth-order valence-electron chi connectivity index (χ4n) is 1.95. The molecular weight excluding hydrogens is 268 g/mol. The maximum Gasteiger partial charge on any atom is 0.230 e. The Morgan fingerprint density at radius 1 is 1.40 bits per heavy atom. The second-order valence-electron chi connectivity index (χ2n) is 4.96. The average Bonchev–Trinajstić information content (AvgIpc) is 2.45. The largest absolute Gasteiger partial charge is 0.353 e. The molecule has 20 heavy (non-hydrogen) atoms. The first-order valence-corrected chi connectivity index (χ1v) is 7.87. The fourth-order valence-corrected chi connectivity index (χ4v) is 2.74. The van der Waals surface area contributed by atoms with Crippen molar-refractivity contribution in [2.24, 2.45) is 0 Å². The van der Waals surface area contributed by atoms with Crippen molar-refractivity contribution in [1.82, 2.24) is 10.3 Å². The van der Waals surface area contributed by atoms with Crippen LogP contribution in [0.5, 0.6) is 0 Å². The van der Waals surface area contributed by atoms with Crippen LogP contribution in [-0.4, -0.2) is 22.7 Å². The molecular formula is C16H20N2OS. The Bertz CT molecular complexity index is 612. The molecule has 4 heteroatoms. The molecule has 0 fully saturated rings. The van der Waals surface area contributed by atoms with Gasteiger partial charge in [-0.05, 0) is 38.0 Å². The van der Waals surface area contributed by atoms with Gasteiger partial charge in [-0.1, -0.05) is 36.9 Å². The van der Waals surface area contributed by atoms with Crippen molar-refractivity contribution in [3.63, 3.8) is 0 Å². The van der Waals surface area contributed by atoms with Crippen molar-refractivity contribution in [2.75, 3.05) is 5.75 Å². The van der Waals surface area contributed by atoms with Gasteiger partial charge in [0.25, 0.3) is 0 Å². The first-order chi connectivity index (χ1) is 9.60. The Hall–Kier alpha value is -1.55. The van der Waals surface area contributed by atoms with E-state index in [-0.39, 0.29) is 11.9 Å². The summed E-state index contributed by atoms with van der Waals surface area (Å²) >= 11 is 1.49. The summed E-state index contributed by atoms with van der Waals surface area (Å²) < 4.78 is 0. The maximum absolute atomic E-state index is 11.8. The third kappa shape index (κ3) is 3.73. The molecule has 0 aliphatic carbocycles. The minimum Gasteiger partial charge on any atom is -0.353 e. The van der Waals surface area contributed by atoms with Crippen LogP contribution in [0.4, 0.5) is 0 Å². The number of fused-ring (bicyclic) bond motifs is 1. The van der Waals surface area contributed by atoms with Crippen LogP contribution in [-0.2, 0) is 4.79 Å². The van der Waals surface area contributed by atoms with E-state index in [1.165, 1.54) is 22.7 Å². The molecule has 1 aromatic carbocycles. The third-order valence-electron chi connectivity index (χ3n) is 3.27. The highest BCUT2D eigenvalue weighted by Gasteiger charge is 2.08. The second-order valence-corrected chi connectivity index (χ2v) is 5.96. The lowest BCUT2D eigenvalue weighted by Gasteiger charge is -2.11. The minimum atomic E-state index is 0.0666. The Balaban J connectivity index is 2.05. The Labute approximate surface area is 124 Å². The zero-order valence-corrected chi connectivity index (χ0v) is 13.0. The number of amides is 1.